The summed E-state index contributed by atoms with van der Waals surface area (Å²) in [5.41, 5.74) is 1.80. The smallest absolute Gasteiger partial charge is 0.340 e. The summed E-state index contributed by atoms with van der Waals surface area (Å²) in [7, 11) is 0. The molecule has 1 heterocycles. The Morgan fingerprint density at radius 2 is 1.38 bits per heavy atom. The molecule has 1 aliphatic heterocycles. The van der Waals surface area contributed by atoms with Crippen molar-refractivity contribution in [3.8, 4) is 0 Å². The van der Waals surface area contributed by atoms with Crippen molar-refractivity contribution in [2.24, 2.45) is 10.7 Å². The highest BCUT2D eigenvalue weighted by molar-refractivity contribution is 6.67. The summed E-state index contributed by atoms with van der Waals surface area (Å²) in [6.07, 6.45) is 0. The zero-order valence-electron chi connectivity index (χ0n) is 18.5. The summed E-state index contributed by atoms with van der Waals surface area (Å²) in [5.74, 6) is -5.38. The third kappa shape index (κ3) is 7.63. The van der Waals surface area contributed by atoms with Gasteiger partial charge in [0.2, 0.25) is 5.90 Å². The molecule has 2 aromatic carbocycles. The monoisotopic (exact) mass is 504 g/mol. The molecule has 0 atom stereocenters. The topological polar surface area (TPSA) is 119 Å². The number of halogens is 5. The quantitative estimate of drug-likeness (QED) is 0.367. The zero-order valence-corrected chi connectivity index (χ0v) is 19.2. The third-order valence-electron chi connectivity index (χ3n) is 3.96. The predicted octanol–water partition coefficient (Wildman–Crippen LogP) is 4.20. The average Bonchev–Trinajstić information content (AvgIpc) is 2.93. The number of esters is 1. The number of carbonyl (C=O) groups excluding carboxylic acids is 2. The van der Waals surface area contributed by atoms with E-state index in [1.165, 1.54) is 33.8 Å². The van der Waals surface area contributed by atoms with Gasteiger partial charge in [-0.1, -0.05) is 12.1 Å². The number of ether oxygens (including phenoxy) is 1. The van der Waals surface area contributed by atoms with Crippen LogP contribution in [-0.2, 0) is 14.3 Å². The van der Waals surface area contributed by atoms with Crippen molar-refractivity contribution in [2.45, 2.75) is 38.8 Å². The van der Waals surface area contributed by atoms with E-state index in [0.29, 0.717) is 0 Å². The highest BCUT2D eigenvalue weighted by Crippen LogP contribution is 2.24. The summed E-state index contributed by atoms with van der Waals surface area (Å²) in [5, 5.41) is 7.00. The van der Waals surface area contributed by atoms with Gasteiger partial charge in [0.1, 0.15) is 39.9 Å². The Hall–Kier alpha value is -3.31. The molecule has 0 radical (unpaired) electrons. The number of carboxylic acid groups (broad SMARTS) is 1. The maximum absolute atomic E-state index is 13.4. The van der Waals surface area contributed by atoms with Crippen molar-refractivity contribution in [3.05, 3.63) is 70.8 Å². The molecule has 0 spiro atoms. The van der Waals surface area contributed by atoms with Crippen molar-refractivity contribution in [3.63, 3.8) is 0 Å². The van der Waals surface area contributed by atoms with E-state index in [-0.39, 0.29) is 5.90 Å². The number of cyclic esters (lactones) is 1. The summed E-state index contributed by atoms with van der Waals surface area (Å²) in [6, 6.07) is 6.50. The minimum absolute atomic E-state index is 0.300. The summed E-state index contributed by atoms with van der Waals surface area (Å²) in [4.78, 5) is 35.4. The van der Waals surface area contributed by atoms with Crippen LogP contribution in [0.3, 0.4) is 0 Å². The van der Waals surface area contributed by atoms with Crippen molar-refractivity contribution in [1.82, 2.24) is 0 Å². The number of nitrogens with zero attached hydrogens (tertiary/aromatic N) is 1. The molecule has 1 aliphatic rings. The number of hydrogen-bond donors (Lipinski definition) is 2. The zero-order chi connectivity index (χ0) is 26.4. The fourth-order valence-corrected chi connectivity index (χ4v) is 2.21. The maximum Gasteiger partial charge on any atom is 0.340 e. The lowest BCUT2D eigenvalue weighted by molar-refractivity contribution is -0.142. The van der Waals surface area contributed by atoms with Gasteiger partial charge in [-0.2, -0.15) is 0 Å². The first-order chi connectivity index (χ1) is 15.5. The van der Waals surface area contributed by atoms with E-state index < -0.39 is 62.7 Å². The second-order valence-corrected chi connectivity index (χ2v) is 8.20. The minimum Gasteiger partial charge on any atom is -0.480 e. The number of nitrogens with two attached hydrogens (primary N) is 1. The molecule has 0 bridgehead atoms. The fraction of sp³-hybridized carbons (Fsp3) is 0.273. The van der Waals surface area contributed by atoms with E-state index in [2.05, 4.69) is 4.99 Å². The van der Waals surface area contributed by atoms with Crippen LogP contribution in [0, 0.1) is 23.3 Å². The van der Waals surface area contributed by atoms with Gasteiger partial charge in [0.25, 0.3) is 5.24 Å². The van der Waals surface area contributed by atoms with E-state index in [4.69, 9.17) is 27.2 Å². The van der Waals surface area contributed by atoms with Crippen molar-refractivity contribution in [1.29, 1.82) is 0 Å². The first-order valence-corrected chi connectivity index (χ1v) is 9.79. The van der Waals surface area contributed by atoms with Crippen LogP contribution >= 0.6 is 11.6 Å². The van der Waals surface area contributed by atoms with Crippen LogP contribution in [0.4, 0.5) is 17.6 Å². The number of hydrogen-bond acceptors (Lipinski definition) is 6. The van der Waals surface area contributed by atoms with Gasteiger partial charge in [0, 0.05) is 0 Å². The van der Waals surface area contributed by atoms with Crippen molar-refractivity contribution >= 4 is 34.7 Å². The molecule has 3 N–H and O–H groups in total. The highest BCUT2D eigenvalue weighted by atomic mass is 35.5. The molecule has 0 aromatic heterocycles. The van der Waals surface area contributed by atoms with Crippen LogP contribution in [0.15, 0.2) is 41.4 Å². The van der Waals surface area contributed by atoms with Gasteiger partial charge in [-0.05, 0) is 63.6 Å². The Balaban J connectivity index is 0.000000280. The fourth-order valence-electron chi connectivity index (χ4n) is 2.03. The molecular weight excluding hydrogens is 484 g/mol. The van der Waals surface area contributed by atoms with Crippen molar-refractivity contribution in [2.75, 3.05) is 0 Å². The Bertz CT molecular complexity index is 1090. The molecule has 0 amide bonds. The third-order valence-corrected chi connectivity index (χ3v) is 4.15. The van der Waals surface area contributed by atoms with Crippen LogP contribution in [-0.4, -0.2) is 39.3 Å². The number of rotatable bonds is 3. The first-order valence-electron chi connectivity index (χ1n) is 9.41. The van der Waals surface area contributed by atoms with E-state index in [1.54, 1.807) is 0 Å². The van der Waals surface area contributed by atoms with Crippen LogP contribution in [0.1, 0.15) is 43.6 Å². The first kappa shape index (κ1) is 28.7. The second-order valence-electron chi connectivity index (χ2n) is 7.86. The molecule has 3 rings (SSSR count). The van der Waals surface area contributed by atoms with E-state index >= 15 is 0 Å². The number of carbonyl (C=O) groups is 3. The Kier molecular flexibility index (Phi) is 9.47. The standard InChI is InChI=1S/C11H9F2NO2.C7H3ClF2O.C4H9NO2/c1-11(2)10(15)16-9(14-11)8-6(12)4-3-5-7(8)13;8-7(11)6-4(9)2-1-3-5(6)10;1-4(2,5)3(6)7/h3-5H,1-2H3;1-3H;5H2,1-2H3,(H,6,7). The molecular formula is C22H21ClF4N2O5. The molecule has 2 aromatic rings. The van der Waals surface area contributed by atoms with Crippen molar-refractivity contribution < 1.29 is 41.8 Å². The van der Waals surface area contributed by atoms with Crippen LogP contribution in [0.25, 0.3) is 0 Å². The second kappa shape index (κ2) is 11.2. The minimum atomic E-state index is -1.12. The van der Waals surface area contributed by atoms with Crippen LogP contribution in [0.5, 0.6) is 0 Å². The molecule has 184 valence electrons. The summed E-state index contributed by atoms with van der Waals surface area (Å²) >= 11 is 4.89. The number of carboxylic acids is 1. The lowest BCUT2D eigenvalue weighted by Gasteiger charge is -2.09. The van der Waals surface area contributed by atoms with E-state index in [1.807, 2.05) is 0 Å². The SMILES string of the molecule is CC(C)(N)C(=O)O.CC1(C)N=C(c2c(F)cccc2F)OC1=O.O=C(Cl)c1c(F)cccc1F. The maximum atomic E-state index is 13.4. The molecule has 0 saturated carbocycles. The van der Waals surface area contributed by atoms with E-state index in [9.17, 15) is 31.9 Å². The summed E-state index contributed by atoms with van der Waals surface area (Å²) < 4.78 is 56.6. The van der Waals surface area contributed by atoms with Gasteiger partial charge in [-0.15, -0.1) is 0 Å². The number of benzene rings is 2. The van der Waals surface area contributed by atoms with Gasteiger partial charge in [-0.3, -0.25) is 9.59 Å². The Morgan fingerprint density at radius 1 is 1.00 bits per heavy atom. The van der Waals surface area contributed by atoms with Gasteiger partial charge < -0.3 is 15.6 Å². The number of aliphatic imine (C=N–C) groups is 1. The molecule has 12 heteroatoms. The normalized spacial score (nSPS) is 14.1. The molecule has 0 fully saturated rings. The van der Waals surface area contributed by atoms with Crippen LogP contribution in [0.2, 0.25) is 0 Å². The predicted molar refractivity (Wildman–Crippen MR) is 116 cm³/mol. The lowest BCUT2D eigenvalue weighted by Crippen LogP contribution is -2.41. The molecule has 0 unspecified atom stereocenters. The summed E-state index contributed by atoms with van der Waals surface area (Å²) in [6.45, 7) is 5.91. The van der Waals surface area contributed by atoms with Gasteiger partial charge in [0.15, 0.2) is 5.54 Å². The van der Waals surface area contributed by atoms with Gasteiger partial charge in [0.05, 0.1) is 0 Å². The molecule has 34 heavy (non-hydrogen) atoms. The highest BCUT2D eigenvalue weighted by Gasteiger charge is 2.39. The molecule has 0 saturated heterocycles. The lowest BCUT2D eigenvalue weighted by atomic mass is 10.1. The van der Waals surface area contributed by atoms with E-state index in [0.717, 1.165) is 30.3 Å². The number of aliphatic carboxylic acids is 1. The Morgan fingerprint density at radius 3 is 1.65 bits per heavy atom. The van der Waals surface area contributed by atoms with Crippen LogP contribution < -0.4 is 5.73 Å². The molecule has 0 aliphatic carbocycles. The largest absolute Gasteiger partial charge is 0.480 e. The average molecular weight is 505 g/mol. The Labute approximate surface area is 197 Å². The van der Waals surface area contributed by atoms with Gasteiger partial charge in [-0.25, -0.2) is 27.3 Å². The van der Waals surface area contributed by atoms with Gasteiger partial charge >= 0.3 is 11.9 Å². The molecule has 7 nitrogen and oxygen atoms in total.